The van der Waals surface area contributed by atoms with Crippen molar-refractivity contribution in [1.82, 2.24) is 24.9 Å². The molecule has 2 heterocycles. The fourth-order valence-electron chi connectivity index (χ4n) is 1.72. The van der Waals surface area contributed by atoms with E-state index in [9.17, 15) is 4.79 Å². The van der Waals surface area contributed by atoms with Crippen LogP contribution in [0.5, 0.6) is 0 Å². The Balaban J connectivity index is 1.81. The molecule has 2 aromatic rings. The van der Waals surface area contributed by atoms with Gasteiger partial charge in [-0.05, 0) is 26.0 Å². The highest BCUT2D eigenvalue weighted by molar-refractivity contribution is 5.79. The average Bonchev–Trinajstić information content (AvgIpc) is 2.97. The van der Waals surface area contributed by atoms with Crippen molar-refractivity contribution < 1.29 is 4.79 Å². The molecule has 19 heavy (non-hydrogen) atoms. The van der Waals surface area contributed by atoms with Gasteiger partial charge in [0.15, 0.2) is 0 Å². The molecule has 7 nitrogen and oxygen atoms in total. The summed E-state index contributed by atoms with van der Waals surface area (Å²) in [5.41, 5.74) is 6.48. The van der Waals surface area contributed by atoms with Crippen LogP contribution in [0.2, 0.25) is 0 Å². The first kappa shape index (κ1) is 13.1. The van der Waals surface area contributed by atoms with Gasteiger partial charge in [0.2, 0.25) is 5.91 Å². The van der Waals surface area contributed by atoms with Gasteiger partial charge >= 0.3 is 0 Å². The maximum atomic E-state index is 11.9. The van der Waals surface area contributed by atoms with Crippen molar-refractivity contribution in [2.24, 2.45) is 0 Å². The quantitative estimate of drug-likeness (QED) is 0.813. The molecule has 0 aliphatic carbocycles. The van der Waals surface area contributed by atoms with Crippen molar-refractivity contribution >= 4 is 11.7 Å². The van der Waals surface area contributed by atoms with Crippen molar-refractivity contribution in [3.8, 4) is 0 Å². The van der Waals surface area contributed by atoms with E-state index in [1.54, 1.807) is 28.6 Å². The molecule has 1 atom stereocenters. The number of hydrogen-bond donors (Lipinski definition) is 2. The zero-order valence-corrected chi connectivity index (χ0v) is 11.1. The van der Waals surface area contributed by atoms with E-state index in [4.69, 9.17) is 5.73 Å². The van der Waals surface area contributed by atoms with E-state index in [2.05, 4.69) is 15.5 Å². The second-order valence-corrected chi connectivity index (χ2v) is 4.41. The number of rotatable bonds is 5. The Labute approximate surface area is 111 Å². The molecule has 0 aliphatic rings. The highest BCUT2D eigenvalue weighted by Crippen LogP contribution is 2.06. The Morgan fingerprint density at radius 1 is 1.42 bits per heavy atom. The summed E-state index contributed by atoms with van der Waals surface area (Å²) in [6.07, 6.45) is 3.58. The highest BCUT2D eigenvalue weighted by Gasteiger charge is 2.14. The van der Waals surface area contributed by atoms with Gasteiger partial charge in [-0.15, -0.1) is 0 Å². The number of nitrogens with two attached hydrogens (primary N) is 1. The van der Waals surface area contributed by atoms with Gasteiger partial charge in [-0.2, -0.15) is 10.2 Å². The maximum absolute atomic E-state index is 11.9. The Hall–Kier alpha value is -2.31. The van der Waals surface area contributed by atoms with Gasteiger partial charge in [-0.25, -0.2) is 0 Å². The molecule has 3 N–H and O–H groups in total. The summed E-state index contributed by atoms with van der Waals surface area (Å²) in [6, 6.07) is 3.21. The summed E-state index contributed by atoms with van der Waals surface area (Å²) in [5.74, 6) is 0.318. The molecule has 7 heteroatoms. The number of amides is 1. The molecule has 102 valence electrons. The minimum absolute atomic E-state index is 0.0908. The van der Waals surface area contributed by atoms with Crippen LogP contribution in [0.1, 0.15) is 18.7 Å². The second-order valence-electron chi connectivity index (χ2n) is 4.41. The summed E-state index contributed by atoms with van der Waals surface area (Å²) in [4.78, 5) is 11.9. The van der Waals surface area contributed by atoms with E-state index in [0.29, 0.717) is 18.9 Å². The van der Waals surface area contributed by atoms with E-state index in [-0.39, 0.29) is 11.9 Å². The van der Waals surface area contributed by atoms with Crippen LogP contribution in [-0.2, 0) is 11.3 Å². The lowest BCUT2D eigenvalue weighted by atomic mass is 10.3. The number of aromatic nitrogens is 4. The van der Waals surface area contributed by atoms with E-state index < -0.39 is 0 Å². The van der Waals surface area contributed by atoms with Gasteiger partial charge < -0.3 is 11.1 Å². The Morgan fingerprint density at radius 2 is 2.21 bits per heavy atom. The van der Waals surface area contributed by atoms with Gasteiger partial charge in [-0.1, -0.05) is 0 Å². The topological polar surface area (TPSA) is 90.8 Å². The monoisotopic (exact) mass is 262 g/mol. The van der Waals surface area contributed by atoms with Crippen molar-refractivity contribution in [2.75, 3.05) is 12.3 Å². The molecule has 1 amide bonds. The summed E-state index contributed by atoms with van der Waals surface area (Å²) in [5, 5.41) is 11.1. The summed E-state index contributed by atoms with van der Waals surface area (Å²) in [7, 11) is 0. The number of anilines is 1. The van der Waals surface area contributed by atoms with E-state index in [0.717, 1.165) is 5.69 Å². The van der Waals surface area contributed by atoms with Gasteiger partial charge in [-0.3, -0.25) is 14.2 Å². The predicted octanol–water partition coefficient (Wildman–Crippen LogP) is 0.348. The SMILES string of the molecule is Cc1ccn(CCNC(=O)C(C)n2ccc(N)n2)n1. The first-order chi connectivity index (χ1) is 9.06. The number of nitrogens with zero attached hydrogens (tertiary/aromatic N) is 4. The fraction of sp³-hybridized carbons (Fsp3) is 0.417. The van der Waals surface area contributed by atoms with Crippen molar-refractivity contribution in [3.63, 3.8) is 0 Å². The van der Waals surface area contributed by atoms with Crippen LogP contribution in [0.25, 0.3) is 0 Å². The van der Waals surface area contributed by atoms with E-state index >= 15 is 0 Å². The molecule has 0 fully saturated rings. The second kappa shape index (κ2) is 5.55. The number of carbonyl (C=O) groups excluding carboxylic acids is 1. The standard InChI is InChI=1S/C12H18N6O/c1-9-3-6-17(15-9)8-5-14-12(19)10(2)18-7-4-11(13)16-18/h3-4,6-7,10H,5,8H2,1-2H3,(H2,13,16)(H,14,19). The average molecular weight is 262 g/mol. The van der Waals surface area contributed by atoms with E-state index in [1.807, 2.05) is 19.2 Å². The van der Waals surface area contributed by atoms with Crippen LogP contribution < -0.4 is 11.1 Å². The predicted molar refractivity (Wildman–Crippen MR) is 71.3 cm³/mol. The molecular formula is C12H18N6O. The Bertz CT molecular complexity index is 558. The highest BCUT2D eigenvalue weighted by atomic mass is 16.2. The van der Waals surface area contributed by atoms with Crippen molar-refractivity contribution in [2.45, 2.75) is 26.4 Å². The first-order valence-corrected chi connectivity index (χ1v) is 6.14. The molecular weight excluding hydrogens is 244 g/mol. The zero-order chi connectivity index (χ0) is 13.8. The fourth-order valence-corrected chi connectivity index (χ4v) is 1.72. The van der Waals surface area contributed by atoms with Crippen LogP contribution >= 0.6 is 0 Å². The molecule has 0 bridgehead atoms. The molecule has 0 saturated carbocycles. The molecule has 0 radical (unpaired) electrons. The van der Waals surface area contributed by atoms with Crippen LogP contribution in [0, 0.1) is 6.92 Å². The van der Waals surface area contributed by atoms with Gasteiger partial charge in [0.05, 0.1) is 12.2 Å². The maximum Gasteiger partial charge on any atom is 0.244 e. The molecule has 0 aliphatic heterocycles. The first-order valence-electron chi connectivity index (χ1n) is 6.14. The molecule has 0 aromatic carbocycles. The lowest BCUT2D eigenvalue weighted by molar-refractivity contribution is -0.124. The number of carbonyl (C=O) groups is 1. The third kappa shape index (κ3) is 3.34. The van der Waals surface area contributed by atoms with Crippen molar-refractivity contribution in [3.05, 3.63) is 30.2 Å². The number of hydrogen-bond acceptors (Lipinski definition) is 4. The van der Waals surface area contributed by atoms with Crippen LogP contribution in [-0.4, -0.2) is 32.0 Å². The van der Waals surface area contributed by atoms with Crippen LogP contribution in [0.4, 0.5) is 5.82 Å². The summed E-state index contributed by atoms with van der Waals surface area (Å²) < 4.78 is 3.34. The lowest BCUT2D eigenvalue weighted by Gasteiger charge is -2.12. The number of nitrogens with one attached hydrogen (secondary N) is 1. The minimum atomic E-state index is -0.378. The van der Waals surface area contributed by atoms with Gasteiger partial charge in [0.25, 0.3) is 0 Å². The van der Waals surface area contributed by atoms with Gasteiger partial charge in [0, 0.05) is 18.9 Å². The normalized spacial score (nSPS) is 12.3. The largest absolute Gasteiger partial charge is 0.382 e. The molecule has 1 unspecified atom stereocenters. The number of aryl methyl sites for hydroxylation is 1. The number of nitrogen functional groups attached to an aromatic ring is 1. The molecule has 2 aromatic heterocycles. The third-order valence-corrected chi connectivity index (χ3v) is 2.82. The summed E-state index contributed by atoms with van der Waals surface area (Å²) >= 11 is 0. The van der Waals surface area contributed by atoms with Crippen molar-refractivity contribution in [1.29, 1.82) is 0 Å². The lowest BCUT2D eigenvalue weighted by Crippen LogP contribution is -2.33. The Morgan fingerprint density at radius 3 is 2.79 bits per heavy atom. The minimum Gasteiger partial charge on any atom is -0.382 e. The zero-order valence-electron chi connectivity index (χ0n) is 11.1. The van der Waals surface area contributed by atoms with Crippen LogP contribution in [0.3, 0.4) is 0 Å². The molecule has 0 saturated heterocycles. The Kier molecular flexibility index (Phi) is 3.84. The smallest absolute Gasteiger partial charge is 0.244 e. The van der Waals surface area contributed by atoms with Crippen LogP contribution in [0.15, 0.2) is 24.5 Å². The van der Waals surface area contributed by atoms with E-state index in [1.165, 1.54) is 0 Å². The summed E-state index contributed by atoms with van der Waals surface area (Å²) in [6.45, 7) is 4.88. The molecule has 0 spiro atoms. The third-order valence-electron chi connectivity index (χ3n) is 2.82. The molecule has 2 rings (SSSR count). The van der Waals surface area contributed by atoms with Gasteiger partial charge in [0.1, 0.15) is 11.9 Å².